The first-order valence-electron chi connectivity index (χ1n) is 8.51. The van der Waals surface area contributed by atoms with Gasteiger partial charge in [-0.15, -0.1) is 0 Å². The lowest BCUT2D eigenvalue weighted by molar-refractivity contribution is -0.114. The minimum Gasteiger partial charge on any atom is -0.465 e. The minimum atomic E-state index is -4.82. The predicted octanol–water partition coefficient (Wildman–Crippen LogP) is 4.36. The maximum Gasteiger partial charge on any atom is 0.435 e. The van der Waals surface area contributed by atoms with Crippen molar-refractivity contribution in [1.29, 1.82) is 0 Å². The highest BCUT2D eigenvalue weighted by Crippen LogP contribution is 2.31. The van der Waals surface area contributed by atoms with Crippen molar-refractivity contribution in [2.45, 2.75) is 13.1 Å². The van der Waals surface area contributed by atoms with Crippen molar-refractivity contribution in [3.05, 3.63) is 71.7 Å². The van der Waals surface area contributed by atoms with E-state index in [9.17, 15) is 22.8 Å². The van der Waals surface area contributed by atoms with Gasteiger partial charge in [0.25, 0.3) is 5.91 Å². The van der Waals surface area contributed by atoms with Gasteiger partial charge >= 0.3 is 12.1 Å². The summed E-state index contributed by atoms with van der Waals surface area (Å²) in [7, 11) is 0. The predicted molar refractivity (Wildman–Crippen MR) is 99.2 cm³/mol. The first-order valence-corrected chi connectivity index (χ1v) is 8.51. The fraction of sp³-hybridized carbons (Fsp3) is 0.150. The van der Waals surface area contributed by atoms with Gasteiger partial charge in [-0.25, -0.2) is 4.79 Å². The first kappa shape index (κ1) is 20.1. The number of carbonyl (C=O) groups excluding carboxylic acids is 2. The van der Waals surface area contributed by atoms with E-state index in [1.807, 2.05) is 0 Å². The molecule has 0 fully saturated rings. The highest BCUT2D eigenvalue weighted by Gasteiger charge is 2.46. The summed E-state index contributed by atoms with van der Waals surface area (Å²) >= 11 is 0. The Morgan fingerprint density at radius 2 is 1.97 bits per heavy atom. The first-order chi connectivity index (χ1) is 13.8. The molecule has 2 heterocycles. The molecule has 0 unspecified atom stereocenters. The van der Waals surface area contributed by atoms with Crippen LogP contribution in [0.15, 0.2) is 69.9 Å². The van der Waals surface area contributed by atoms with Crippen LogP contribution < -0.4 is 5.01 Å². The van der Waals surface area contributed by atoms with Crippen molar-refractivity contribution in [3.63, 3.8) is 0 Å². The standard InChI is InChI=1S/C20H15F3N2O4/c1-2-28-19(27)13-8-10-14(11-9-13)25-18(26)16(17(24-25)20(21,22)23)7-3-5-15-6-4-12-29-15/h3-12H,2H2,1H3. The molecule has 0 atom stereocenters. The molecule has 0 spiro atoms. The van der Waals surface area contributed by atoms with Crippen LogP contribution in [0.4, 0.5) is 18.9 Å². The molecular formula is C20H15F3N2O4. The lowest BCUT2D eigenvalue weighted by Gasteiger charge is -2.12. The lowest BCUT2D eigenvalue weighted by Crippen LogP contribution is -2.25. The molecule has 29 heavy (non-hydrogen) atoms. The average molecular weight is 404 g/mol. The summed E-state index contributed by atoms with van der Waals surface area (Å²) in [6.45, 7) is 1.83. The molecule has 1 aliphatic heterocycles. The fourth-order valence-corrected chi connectivity index (χ4v) is 2.53. The minimum absolute atomic E-state index is 0.0863. The van der Waals surface area contributed by atoms with Crippen LogP contribution in [0.25, 0.3) is 6.08 Å². The Kier molecular flexibility index (Phi) is 5.67. The van der Waals surface area contributed by atoms with Gasteiger partial charge in [-0.2, -0.15) is 23.3 Å². The van der Waals surface area contributed by atoms with Gasteiger partial charge in [0.2, 0.25) is 0 Å². The average Bonchev–Trinajstić information content (AvgIpc) is 3.30. The number of furan rings is 1. The fourth-order valence-electron chi connectivity index (χ4n) is 2.53. The zero-order valence-electron chi connectivity index (χ0n) is 15.1. The van der Waals surface area contributed by atoms with Gasteiger partial charge in [-0.1, -0.05) is 6.08 Å². The second kappa shape index (κ2) is 8.17. The van der Waals surface area contributed by atoms with Crippen molar-refractivity contribution in [1.82, 2.24) is 0 Å². The van der Waals surface area contributed by atoms with Crippen molar-refractivity contribution in [2.24, 2.45) is 5.10 Å². The molecule has 0 aliphatic carbocycles. The number of halogens is 3. The Labute approximate surface area is 163 Å². The quantitative estimate of drug-likeness (QED) is 0.548. The summed E-state index contributed by atoms with van der Waals surface area (Å²) in [5, 5.41) is 4.10. The Morgan fingerprint density at radius 1 is 1.24 bits per heavy atom. The van der Waals surface area contributed by atoms with Gasteiger partial charge in [-0.05, 0) is 55.5 Å². The number of alkyl halides is 3. The number of benzene rings is 1. The van der Waals surface area contributed by atoms with Crippen molar-refractivity contribution in [3.8, 4) is 0 Å². The third kappa shape index (κ3) is 4.45. The van der Waals surface area contributed by atoms with Crippen LogP contribution in [0.2, 0.25) is 0 Å². The summed E-state index contributed by atoms with van der Waals surface area (Å²) in [4.78, 5) is 24.3. The lowest BCUT2D eigenvalue weighted by atomic mass is 10.1. The van der Waals surface area contributed by atoms with E-state index in [4.69, 9.17) is 9.15 Å². The molecule has 0 bridgehead atoms. The highest BCUT2D eigenvalue weighted by molar-refractivity contribution is 6.32. The molecule has 0 radical (unpaired) electrons. The van der Waals surface area contributed by atoms with Gasteiger partial charge in [0.15, 0.2) is 5.71 Å². The summed E-state index contributed by atoms with van der Waals surface area (Å²) in [6, 6.07) is 8.58. The van der Waals surface area contributed by atoms with E-state index in [0.29, 0.717) is 10.8 Å². The topological polar surface area (TPSA) is 72.1 Å². The van der Waals surface area contributed by atoms with Gasteiger partial charge in [0.05, 0.1) is 29.7 Å². The highest BCUT2D eigenvalue weighted by atomic mass is 19.4. The summed E-state index contributed by atoms with van der Waals surface area (Å²) in [5.41, 5.74) is -1.61. The van der Waals surface area contributed by atoms with E-state index in [2.05, 4.69) is 5.10 Å². The molecule has 1 amide bonds. The number of rotatable bonds is 5. The van der Waals surface area contributed by atoms with Gasteiger partial charge in [0, 0.05) is 0 Å². The number of hydrogen-bond donors (Lipinski definition) is 0. The molecule has 3 rings (SSSR count). The van der Waals surface area contributed by atoms with Gasteiger partial charge < -0.3 is 9.15 Å². The van der Waals surface area contributed by atoms with Crippen LogP contribution in [-0.4, -0.2) is 30.4 Å². The number of hydrazone groups is 1. The van der Waals surface area contributed by atoms with E-state index in [1.54, 1.807) is 19.1 Å². The second-order valence-corrected chi connectivity index (χ2v) is 5.79. The molecule has 1 aromatic carbocycles. The van der Waals surface area contributed by atoms with Crippen LogP contribution in [-0.2, 0) is 9.53 Å². The molecule has 9 heteroatoms. The van der Waals surface area contributed by atoms with Crippen molar-refractivity contribution in [2.75, 3.05) is 11.6 Å². The number of nitrogens with zero attached hydrogens (tertiary/aromatic N) is 2. The molecule has 0 N–H and O–H groups in total. The molecule has 1 aliphatic rings. The van der Waals surface area contributed by atoms with E-state index in [-0.39, 0.29) is 17.9 Å². The number of allylic oxidation sites excluding steroid dienone is 2. The Morgan fingerprint density at radius 3 is 2.55 bits per heavy atom. The summed E-state index contributed by atoms with van der Waals surface area (Å²) in [6.07, 6.45) is 0.327. The Balaban J connectivity index is 1.89. The van der Waals surface area contributed by atoms with Crippen molar-refractivity contribution < 1.29 is 31.9 Å². The molecule has 150 valence electrons. The molecule has 1 aromatic heterocycles. The number of hydrogen-bond acceptors (Lipinski definition) is 5. The summed E-state index contributed by atoms with van der Waals surface area (Å²) in [5.74, 6) is -1.09. The largest absolute Gasteiger partial charge is 0.465 e. The van der Waals surface area contributed by atoms with Crippen LogP contribution in [0.1, 0.15) is 23.0 Å². The molecule has 0 saturated heterocycles. The van der Waals surface area contributed by atoms with Gasteiger partial charge in [-0.3, -0.25) is 4.79 Å². The number of esters is 1. The zero-order valence-corrected chi connectivity index (χ0v) is 15.1. The smallest absolute Gasteiger partial charge is 0.435 e. The molecule has 0 saturated carbocycles. The van der Waals surface area contributed by atoms with Crippen LogP contribution in [0.5, 0.6) is 0 Å². The molecule has 6 nitrogen and oxygen atoms in total. The number of ether oxygens (including phenoxy) is 1. The number of amides is 1. The summed E-state index contributed by atoms with van der Waals surface area (Å²) < 4.78 is 50.0. The van der Waals surface area contributed by atoms with E-state index >= 15 is 0 Å². The maximum absolute atomic E-state index is 13.4. The normalized spacial score (nSPS) is 16.0. The number of carbonyl (C=O) groups is 2. The maximum atomic E-state index is 13.4. The monoisotopic (exact) mass is 404 g/mol. The zero-order chi connectivity index (χ0) is 21.0. The molecular weight excluding hydrogens is 389 g/mol. The van der Waals surface area contributed by atoms with E-state index in [1.165, 1.54) is 42.7 Å². The Bertz CT molecular complexity index is 988. The third-order valence-electron chi connectivity index (χ3n) is 3.84. The van der Waals surface area contributed by atoms with E-state index in [0.717, 1.165) is 6.08 Å². The van der Waals surface area contributed by atoms with Crippen LogP contribution in [0.3, 0.4) is 0 Å². The SMILES string of the molecule is CCOC(=O)c1ccc(N2N=C(C(F)(F)F)C(=CC=Cc3ccco3)C2=O)cc1. The van der Waals surface area contributed by atoms with Crippen molar-refractivity contribution >= 4 is 29.4 Å². The third-order valence-corrected chi connectivity index (χ3v) is 3.84. The number of anilines is 1. The van der Waals surface area contributed by atoms with Crippen LogP contribution >= 0.6 is 0 Å². The second-order valence-electron chi connectivity index (χ2n) is 5.79. The Hall–Kier alpha value is -3.62. The van der Waals surface area contributed by atoms with Gasteiger partial charge in [0.1, 0.15) is 5.76 Å². The van der Waals surface area contributed by atoms with Crippen LogP contribution in [0, 0.1) is 0 Å². The molecule has 2 aromatic rings. The van der Waals surface area contributed by atoms with E-state index < -0.39 is 29.3 Å².